The molecule has 2 heterocycles. The highest BCUT2D eigenvalue weighted by Gasteiger charge is 2.18. The molecule has 0 fully saturated rings. The van der Waals surface area contributed by atoms with E-state index in [0.29, 0.717) is 5.75 Å². The summed E-state index contributed by atoms with van der Waals surface area (Å²) in [6.07, 6.45) is 5.28. The summed E-state index contributed by atoms with van der Waals surface area (Å²) in [5, 5.41) is 15.8. The van der Waals surface area contributed by atoms with Gasteiger partial charge in [0.1, 0.15) is 17.6 Å². The van der Waals surface area contributed by atoms with E-state index in [0.717, 1.165) is 29.1 Å². The van der Waals surface area contributed by atoms with Gasteiger partial charge in [-0.05, 0) is 56.6 Å². The van der Waals surface area contributed by atoms with Crippen molar-refractivity contribution >= 4 is 26.5 Å². The maximum Gasteiger partial charge on any atom is 0.263 e. The Morgan fingerprint density at radius 3 is 2.67 bits per heavy atom. The Morgan fingerprint density at radius 1 is 1.21 bits per heavy atom. The van der Waals surface area contributed by atoms with E-state index in [9.17, 15) is 13.7 Å². The van der Waals surface area contributed by atoms with Gasteiger partial charge in [0, 0.05) is 29.9 Å². The highest BCUT2D eigenvalue weighted by Crippen LogP contribution is 2.29. The topological polar surface area (TPSA) is 113 Å². The number of hydrogen-bond donors (Lipinski definition) is 1. The molecule has 0 spiro atoms. The van der Waals surface area contributed by atoms with Crippen LogP contribution in [0.3, 0.4) is 0 Å². The molecule has 0 atom stereocenters. The standard InChI is InChI=1S/C22H20N6O3S2/c1-27(2)14-16-13-25-28(15-16)18-3-5-19(6-4-18)31-21-8-7-20(11-17(21)12-23)33(29,30)26-22-24-9-10-32-22/h3-11,13,15H,14H2,1-2H3,(H,24,26). The maximum atomic E-state index is 12.6. The molecule has 168 valence electrons. The number of aromatic nitrogens is 3. The van der Waals surface area contributed by atoms with Gasteiger partial charge in [-0.25, -0.2) is 18.1 Å². The maximum absolute atomic E-state index is 12.6. The molecule has 0 saturated carbocycles. The molecular formula is C22H20N6O3S2. The van der Waals surface area contributed by atoms with E-state index < -0.39 is 10.0 Å². The van der Waals surface area contributed by atoms with Gasteiger partial charge in [0.15, 0.2) is 5.13 Å². The van der Waals surface area contributed by atoms with Crippen molar-refractivity contribution in [3.05, 3.63) is 77.6 Å². The third kappa shape index (κ3) is 5.38. The van der Waals surface area contributed by atoms with Gasteiger partial charge in [0.25, 0.3) is 10.0 Å². The van der Waals surface area contributed by atoms with Crippen molar-refractivity contribution in [1.29, 1.82) is 5.26 Å². The molecule has 0 bridgehead atoms. The van der Waals surface area contributed by atoms with E-state index in [1.54, 1.807) is 22.2 Å². The molecule has 1 N–H and O–H groups in total. The molecule has 0 aliphatic rings. The molecule has 4 rings (SSSR count). The number of hydrogen-bond acceptors (Lipinski definition) is 8. The summed E-state index contributed by atoms with van der Waals surface area (Å²) >= 11 is 1.16. The fourth-order valence-electron chi connectivity index (χ4n) is 3.04. The summed E-state index contributed by atoms with van der Waals surface area (Å²) in [5.41, 5.74) is 2.06. The number of nitrogens with zero attached hydrogens (tertiary/aromatic N) is 5. The predicted octanol–water partition coefficient (Wildman–Crippen LogP) is 3.86. The van der Waals surface area contributed by atoms with E-state index >= 15 is 0 Å². The lowest BCUT2D eigenvalue weighted by Crippen LogP contribution is -2.13. The average molecular weight is 481 g/mol. The monoisotopic (exact) mass is 480 g/mol. The van der Waals surface area contributed by atoms with E-state index in [4.69, 9.17) is 4.74 Å². The van der Waals surface area contributed by atoms with Crippen molar-refractivity contribution in [2.45, 2.75) is 11.4 Å². The molecule has 0 radical (unpaired) electrons. The zero-order chi connectivity index (χ0) is 23.4. The molecule has 0 aliphatic heterocycles. The molecule has 11 heteroatoms. The second-order valence-electron chi connectivity index (χ2n) is 7.34. The van der Waals surface area contributed by atoms with Crippen LogP contribution in [0.2, 0.25) is 0 Å². The van der Waals surface area contributed by atoms with Crippen LogP contribution in [0.5, 0.6) is 11.5 Å². The summed E-state index contributed by atoms with van der Waals surface area (Å²) in [4.78, 5) is 5.93. The van der Waals surface area contributed by atoms with Gasteiger partial charge in [0.05, 0.1) is 22.3 Å². The lowest BCUT2D eigenvalue weighted by atomic mass is 10.2. The van der Waals surface area contributed by atoms with Crippen molar-refractivity contribution in [3.8, 4) is 23.3 Å². The number of rotatable bonds is 8. The van der Waals surface area contributed by atoms with E-state index in [1.165, 1.54) is 24.4 Å². The highest BCUT2D eigenvalue weighted by molar-refractivity contribution is 7.93. The molecular weight excluding hydrogens is 460 g/mol. The number of thiazole rings is 1. The first kappa shape index (κ1) is 22.5. The molecule has 0 amide bonds. The van der Waals surface area contributed by atoms with Crippen LogP contribution in [0.1, 0.15) is 11.1 Å². The van der Waals surface area contributed by atoms with Crippen molar-refractivity contribution in [2.75, 3.05) is 18.8 Å². The quantitative estimate of drug-likeness (QED) is 0.407. The van der Waals surface area contributed by atoms with Crippen LogP contribution in [0.25, 0.3) is 5.69 Å². The SMILES string of the molecule is CN(C)Cc1cnn(-c2ccc(Oc3ccc(S(=O)(=O)Nc4nccs4)cc3C#N)cc2)c1. The summed E-state index contributed by atoms with van der Waals surface area (Å²) in [6, 6.07) is 13.3. The molecule has 2 aromatic heterocycles. The molecule has 33 heavy (non-hydrogen) atoms. The first-order valence-electron chi connectivity index (χ1n) is 9.77. The number of sulfonamides is 1. The van der Waals surface area contributed by atoms with Crippen LogP contribution in [0.4, 0.5) is 5.13 Å². The van der Waals surface area contributed by atoms with Crippen molar-refractivity contribution in [3.63, 3.8) is 0 Å². The number of benzene rings is 2. The minimum atomic E-state index is -3.87. The van der Waals surface area contributed by atoms with Crippen LogP contribution in [-0.2, 0) is 16.6 Å². The number of nitrogens with one attached hydrogen (secondary N) is 1. The summed E-state index contributed by atoms with van der Waals surface area (Å²) in [6.45, 7) is 0.795. The molecule has 0 aliphatic carbocycles. The number of anilines is 1. The van der Waals surface area contributed by atoms with Gasteiger partial charge in [-0.1, -0.05) is 0 Å². The highest BCUT2D eigenvalue weighted by atomic mass is 32.2. The Hall–Kier alpha value is -3.72. The van der Waals surface area contributed by atoms with Gasteiger partial charge >= 0.3 is 0 Å². The normalized spacial score (nSPS) is 11.3. The van der Waals surface area contributed by atoms with Crippen LogP contribution >= 0.6 is 11.3 Å². The summed E-state index contributed by atoms with van der Waals surface area (Å²) in [7, 11) is 0.128. The minimum Gasteiger partial charge on any atom is -0.456 e. The van der Waals surface area contributed by atoms with Crippen molar-refractivity contribution in [2.24, 2.45) is 0 Å². The Morgan fingerprint density at radius 2 is 2.00 bits per heavy atom. The van der Waals surface area contributed by atoms with E-state index in [1.807, 2.05) is 44.7 Å². The van der Waals surface area contributed by atoms with E-state index in [-0.39, 0.29) is 21.3 Å². The zero-order valence-electron chi connectivity index (χ0n) is 17.8. The Kier molecular flexibility index (Phi) is 6.41. The first-order valence-corrected chi connectivity index (χ1v) is 12.1. The predicted molar refractivity (Wildman–Crippen MR) is 125 cm³/mol. The average Bonchev–Trinajstić information content (AvgIpc) is 3.46. The number of ether oxygens (including phenoxy) is 1. The van der Waals surface area contributed by atoms with Crippen molar-refractivity contribution < 1.29 is 13.2 Å². The fraction of sp³-hybridized carbons (Fsp3) is 0.136. The largest absolute Gasteiger partial charge is 0.456 e. The van der Waals surface area contributed by atoms with Crippen LogP contribution in [0, 0.1) is 11.3 Å². The Bertz CT molecular complexity index is 1390. The molecule has 9 nitrogen and oxygen atoms in total. The third-order valence-electron chi connectivity index (χ3n) is 4.50. The molecule has 4 aromatic rings. The van der Waals surface area contributed by atoms with Crippen LogP contribution < -0.4 is 9.46 Å². The van der Waals surface area contributed by atoms with Gasteiger partial charge < -0.3 is 9.64 Å². The van der Waals surface area contributed by atoms with Crippen LogP contribution in [0.15, 0.2) is 71.3 Å². The second-order valence-corrected chi connectivity index (χ2v) is 9.92. The van der Waals surface area contributed by atoms with E-state index in [2.05, 4.69) is 19.7 Å². The second kappa shape index (κ2) is 9.41. The van der Waals surface area contributed by atoms with Gasteiger partial charge in [-0.15, -0.1) is 11.3 Å². The Balaban J connectivity index is 1.51. The van der Waals surface area contributed by atoms with Gasteiger partial charge in [-0.2, -0.15) is 10.4 Å². The minimum absolute atomic E-state index is 0.0517. The third-order valence-corrected chi connectivity index (χ3v) is 6.65. The first-order chi connectivity index (χ1) is 15.8. The number of nitriles is 1. The summed E-state index contributed by atoms with van der Waals surface area (Å²) in [5.74, 6) is 0.762. The smallest absolute Gasteiger partial charge is 0.263 e. The lowest BCUT2D eigenvalue weighted by Gasteiger charge is -2.11. The Labute approximate surface area is 195 Å². The fourth-order valence-corrected chi connectivity index (χ4v) is 4.86. The van der Waals surface area contributed by atoms with Gasteiger partial charge in [-0.3, -0.25) is 4.72 Å². The lowest BCUT2D eigenvalue weighted by molar-refractivity contribution is 0.402. The molecule has 2 aromatic carbocycles. The summed E-state index contributed by atoms with van der Waals surface area (Å²) < 4.78 is 35.1. The molecule has 0 unspecified atom stereocenters. The van der Waals surface area contributed by atoms with Crippen LogP contribution in [-0.4, -0.2) is 42.2 Å². The zero-order valence-corrected chi connectivity index (χ0v) is 19.5. The van der Waals surface area contributed by atoms with Crippen molar-refractivity contribution in [1.82, 2.24) is 19.7 Å². The molecule has 0 saturated heterocycles. The van der Waals surface area contributed by atoms with Gasteiger partial charge in [0.2, 0.25) is 0 Å².